The number of piperidine rings is 1. The number of carboxylic acid groups (broad SMARTS) is 1. The number of carbonyl (C=O) groups excluding carboxylic acids is 1. The molecule has 1 aliphatic rings. The average Bonchev–Trinajstić information content (AvgIpc) is 2.46. The first-order valence-electron chi connectivity index (χ1n) is 7.34. The van der Waals surface area contributed by atoms with Crippen LogP contribution < -0.4 is 0 Å². The molecule has 1 aliphatic heterocycles. The highest BCUT2D eigenvalue weighted by molar-refractivity contribution is 5.92. The summed E-state index contributed by atoms with van der Waals surface area (Å²) >= 11 is 0. The van der Waals surface area contributed by atoms with Crippen LogP contribution in [0.15, 0.2) is 30.3 Å². The van der Waals surface area contributed by atoms with E-state index >= 15 is 0 Å². The largest absolute Gasteiger partial charge is 0.481 e. The lowest BCUT2D eigenvalue weighted by atomic mass is 9.99. The van der Waals surface area contributed by atoms with Crippen molar-refractivity contribution in [3.8, 4) is 0 Å². The van der Waals surface area contributed by atoms with Crippen LogP contribution in [0.5, 0.6) is 0 Å². The maximum absolute atomic E-state index is 12.3. The van der Waals surface area contributed by atoms with E-state index in [1.807, 2.05) is 37.3 Å². The number of carboxylic acids is 1. The summed E-state index contributed by atoms with van der Waals surface area (Å²) < 4.78 is 0. The highest BCUT2D eigenvalue weighted by Gasteiger charge is 2.27. The Labute approximate surface area is 125 Å². The van der Waals surface area contributed by atoms with Gasteiger partial charge in [0.25, 0.3) is 0 Å². The van der Waals surface area contributed by atoms with Crippen LogP contribution in [0.25, 0.3) is 6.08 Å². The Kier molecular flexibility index (Phi) is 5.14. The molecule has 1 fully saturated rings. The molecule has 21 heavy (non-hydrogen) atoms. The second-order valence-electron chi connectivity index (χ2n) is 5.47. The first-order chi connectivity index (χ1) is 10.1. The summed E-state index contributed by atoms with van der Waals surface area (Å²) in [5, 5.41) is 8.95. The summed E-state index contributed by atoms with van der Waals surface area (Å²) in [4.78, 5) is 24.9. The molecule has 1 unspecified atom stereocenters. The minimum atomic E-state index is -0.845. The summed E-state index contributed by atoms with van der Waals surface area (Å²) in [6.07, 6.45) is 6.11. The van der Waals surface area contributed by atoms with E-state index in [4.69, 9.17) is 5.11 Å². The molecule has 1 atom stereocenters. The highest BCUT2D eigenvalue weighted by atomic mass is 16.4. The number of hydrogen-bond acceptors (Lipinski definition) is 2. The third kappa shape index (κ3) is 4.18. The molecule has 0 bridgehead atoms. The SMILES string of the molecule is Cc1ccccc1/C=C/C(=O)N1CCCCC1CC(=O)O. The Morgan fingerprint density at radius 3 is 2.81 bits per heavy atom. The lowest BCUT2D eigenvalue weighted by molar-refractivity contribution is -0.140. The summed E-state index contributed by atoms with van der Waals surface area (Å²) in [5.41, 5.74) is 2.12. The number of amides is 1. The predicted octanol–water partition coefficient (Wildman–Crippen LogP) is 2.86. The van der Waals surface area contributed by atoms with Crippen molar-refractivity contribution >= 4 is 18.0 Å². The van der Waals surface area contributed by atoms with Gasteiger partial charge in [-0.2, -0.15) is 0 Å². The molecule has 0 aliphatic carbocycles. The second-order valence-corrected chi connectivity index (χ2v) is 5.47. The Bertz CT molecular complexity index is 551. The highest BCUT2D eigenvalue weighted by Crippen LogP contribution is 2.20. The Hall–Kier alpha value is -2.10. The normalized spacial score (nSPS) is 18.9. The van der Waals surface area contributed by atoms with Crippen LogP contribution in [-0.2, 0) is 9.59 Å². The first-order valence-corrected chi connectivity index (χ1v) is 7.34. The lowest BCUT2D eigenvalue weighted by Crippen LogP contribution is -2.44. The third-order valence-corrected chi connectivity index (χ3v) is 3.91. The van der Waals surface area contributed by atoms with E-state index in [1.165, 1.54) is 0 Å². The minimum Gasteiger partial charge on any atom is -0.481 e. The topological polar surface area (TPSA) is 57.6 Å². The van der Waals surface area contributed by atoms with Gasteiger partial charge in [0, 0.05) is 18.7 Å². The maximum Gasteiger partial charge on any atom is 0.305 e. The number of aliphatic carboxylic acids is 1. The van der Waals surface area contributed by atoms with E-state index in [9.17, 15) is 9.59 Å². The number of benzene rings is 1. The van der Waals surface area contributed by atoms with Gasteiger partial charge in [0.2, 0.25) is 5.91 Å². The van der Waals surface area contributed by atoms with Crippen molar-refractivity contribution in [2.45, 2.75) is 38.6 Å². The van der Waals surface area contributed by atoms with Crippen molar-refractivity contribution in [3.05, 3.63) is 41.5 Å². The quantitative estimate of drug-likeness (QED) is 0.866. The zero-order valence-electron chi connectivity index (χ0n) is 12.3. The van der Waals surface area contributed by atoms with E-state index in [-0.39, 0.29) is 18.4 Å². The average molecular weight is 287 g/mol. The minimum absolute atomic E-state index is 0.0317. The molecule has 112 valence electrons. The molecule has 2 rings (SSSR count). The fraction of sp³-hybridized carbons (Fsp3) is 0.412. The number of rotatable bonds is 4. The summed E-state index contributed by atoms with van der Waals surface area (Å²) in [6, 6.07) is 7.68. The Balaban J connectivity index is 2.07. The monoisotopic (exact) mass is 287 g/mol. The van der Waals surface area contributed by atoms with E-state index in [1.54, 1.807) is 11.0 Å². The van der Waals surface area contributed by atoms with Crippen LogP contribution in [-0.4, -0.2) is 34.5 Å². The van der Waals surface area contributed by atoms with Crippen molar-refractivity contribution in [2.75, 3.05) is 6.54 Å². The fourth-order valence-electron chi connectivity index (χ4n) is 2.74. The van der Waals surface area contributed by atoms with Crippen LogP contribution in [0.3, 0.4) is 0 Å². The van der Waals surface area contributed by atoms with Crippen LogP contribution >= 0.6 is 0 Å². The van der Waals surface area contributed by atoms with E-state index in [2.05, 4.69) is 0 Å². The van der Waals surface area contributed by atoms with Crippen molar-refractivity contribution in [2.24, 2.45) is 0 Å². The van der Waals surface area contributed by atoms with E-state index < -0.39 is 5.97 Å². The van der Waals surface area contributed by atoms with Gasteiger partial charge in [0.05, 0.1) is 6.42 Å². The molecular formula is C17H21NO3. The molecule has 4 heteroatoms. The van der Waals surface area contributed by atoms with Crippen molar-refractivity contribution < 1.29 is 14.7 Å². The van der Waals surface area contributed by atoms with E-state index in [0.717, 1.165) is 30.4 Å². The molecule has 1 amide bonds. The number of likely N-dealkylation sites (tertiary alicyclic amines) is 1. The van der Waals surface area contributed by atoms with Gasteiger partial charge in [0.1, 0.15) is 0 Å². The van der Waals surface area contributed by atoms with Crippen molar-refractivity contribution in [1.29, 1.82) is 0 Å². The predicted molar refractivity (Wildman–Crippen MR) is 81.8 cm³/mol. The molecule has 1 aromatic rings. The summed E-state index contributed by atoms with van der Waals surface area (Å²) in [7, 11) is 0. The van der Waals surface area contributed by atoms with Gasteiger partial charge in [-0.25, -0.2) is 0 Å². The molecule has 0 aromatic heterocycles. The van der Waals surface area contributed by atoms with Gasteiger partial charge in [-0.05, 0) is 43.4 Å². The van der Waals surface area contributed by atoms with Gasteiger partial charge < -0.3 is 10.0 Å². The van der Waals surface area contributed by atoms with Crippen molar-refractivity contribution in [3.63, 3.8) is 0 Å². The number of nitrogens with zero attached hydrogens (tertiary/aromatic N) is 1. The molecule has 4 nitrogen and oxygen atoms in total. The number of hydrogen-bond donors (Lipinski definition) is 1. The fourth-order valence-corrected chi connectivity index (χ4v) is 2.74. The Morgan fingerprint density at radius 1 is 1.33 bits per heavy atom. The standard InChI is InChI=1S/C17H21NO3/c1-13-6-2-3-7-14(13)9-10-16(19)18-11-5-4-8-15(18)12-17(20)21/h2-3,6-7,9-10,15H,4-5,8,11-12H2,1H3,(H,20,21)/b10-9+. The van der Waals surface area contributed by atoms with Gasteiger partial charge in [-0.1, -0.05) is 24.3 Å². The summed E-state index contributed by atoms with van der Waals surface area (Å²) in [6.45, 7) is 2.65. The molecular weight excluding hydrogens is 266 g/mol. The smallest absolute Gasteiger partial charge is 0.305 e. The second kappa shape index (κ2) is 7.07. The van der Waals surface area contributed by atoms with Crippen molar-refractivity contribution in [1.82, 2.24) is 4.90 Å². The number of carbonyl (C=O) groups is 2. The maximum atomic E-state index is 12.3. The van der Waals surface area contributed by atoms with Gasteiger partial charge in [0.15, 0.2) is 0 Å². The Morgan fingerprint density at radius 2 is 2.10 bits per heavy atom. The molecule has 0 spiro atoms. The molecule has 1 saturated heterocycles. The van der Waals surface area contributed by atoms with E-state index in [0.29, 0.717) is 6.54 Å². The van der Waals surface area contributed by atoms with Crippen LogP contribution in [0.1, 0.15) is 36.8 Å². The molecule has 0 saturated carbocycles. The molecule has 1 heterocycles. The molecule has 0 radical (unpaired) electrons. The van der Waals surface area contributed by atoms with Crippen LogP contribution in [0, 0.1) is 6.92 Å². The van der Waals surface area contributed by atoms with Gasteiger partial charge >= 0.3 is 5.97 Å². The first kappa shape index (κ1) is 15.3. The number of aryl methyl sites for hydroxylation is 1. The van der Waals surface area contributed by atoms with Gasteiger partial charge in [-0.15, -0.1) is 0 Å². The molecule has 1 aromatic carbocycles. The van der Waals surface area contributed by atoms with Gasteiger partial charge in [-0.3, -0.25) is 9.59 Å². The summed E-state index contributed by atoms with van der Waals surface area (Å²) in [5.74, 6) is -0.938. The van der Waals surface area contributed by atoms with Crippen LogP contribution in [0.2, 0.25) is 0 Å². The zero-order valence-corrected chi connectivity index (χ0v) is 12.3. The van der Waals surface area contributed by atoms with Crippen LogP contribution in [0.4, 0.5) is 0 Å². The lowest BCUT2D eigenvalue weighted by Gasteiger charge is -2.34. The molecule has 1 N–H and O–H groups in total. The third-order valence-electron chi connectivity index (χ3n) is 3.91. The zero-order chi connectivity index (χ0) is 15.2.